The van der Waals surface area contributed by atoms with Gasteiger partial charge in [-0.25, -0.2) is 4.31 Å². The van der Waals surface area contributed by atoms with Crippen molar-refractivity contribution in [3.8, 4) is 5.75 Å². The molecule has 172 valence electrons. The molecular weight excluding hydrogens is 432 g/mol. The lowest BCUT2D eigenvalue weighted by Crippen LogP contribution is -2.22. The van der Waals surface area contributed by atoms with Crippen LogP contribution in [0.5, 0.6) is 5.75 Å². The van der Waals surface area contributed by atoms with E-state index in [2.05, 4.69) is 30.4 Å². The standard InChI is InChI=1S/C27H30N2O3S/c1-32-27-20-23(5-11-24(27)10-4-22-6-12-25(28)13-7-22)3-2-21-8-14-26(15-9-21)33-29(16-18-30)17-19-31/h2-15,20,30-31H,16-19,28H2,1H3/b3-2+,10-4+. The maximum atomic E-state index is 9.15. The van der Waals surface area contributed by atoms with Crippen molar-refractivity contribution in [2.24, 2.45) is 0 Å². The molecule has 0 unspecified atom stereocenters. The van der Waals surface area contributed by atoms with Crippen molar-refractivity contribution in [3.05, 3.63) is 89.0 Å². The number of benzene rings is 3. The van der Waals surface area contributed by atoms with Crippen molar-refractivity contribution in [1.82, 2.24) is 4.31 Å². The highest BCUT2D eigenvalue weighted by molar-refractivity contribution is 7.97. The van der Waals surface area contributed by atoms with Crippen molar-refractivity contribution in [2.45, 2.75) is 4.90 Å². The van der Waals surface area contributed by atoms with E-state index in [0.29, 0.717) is 13.1 Å². The maximum absolute atomic E-state index is 9.15. The number of hydrogen-bond acceptors (Lipinski definition) is 6. The van der Waals surface area contributed by atoms with Gasteiger partial charge in [0.25, 0.3) is 0 Å². The minimum atomic E-state index is 0.0627. The second-order valence-corrected chi connectivity index (χ2v) is 8.54. The van der Waals surface area contributed by atoms with Crippen LogP contribution >= 0.6 is 11.9 Å². The van der Waals surface area contributed by atoms with Crippen LogP contribution in [0.2, 0.25) is 0 Å². The van der Waals surface area contributed by atoms with Crippen LogP contribution in [0, 0.1) is 0 Å². The van der Waals surface area contributed by atoms with Gasteiger partial charge in [0.15, 0.2) is 0 Å². The Kier molecular flexibility index (Phi) is 9.59. The summed E-state index contributed by atoms with van der Waals surface area (Å²) in [4.78, 5) is 1.06. The summed E-state index contributed by atoms with van der Waals surface area (Å²) in [5.74, 6) is 0.809. The largest absolute Gasteiger partial charge is 0.496 e. The fourth-order valence-corrected chi connectivity index (χ4v) is 4.07. The average Bonchev–Trinajstić information content (AvgIpc) is 2.84. The summed E-state index contributed by atoms with van der Waals surface area (Å²) < 4.78 is 7.53. The smallest absolute Gasteiger partial charge is 0.126 e. The minimum Gasteiger partial charge on any atom is -0.496 e. The Labute approximate surface area is 200 Å². The molecule has 0 radical (unpaired) electrons. The summed E-state index contributed by atoms with van der Waals surface area (Å²) >= 11 is 1.53. The molecule has 0 spiro atoms. The van der Waals surface area contributed by atoms with Crippen LogP contribution in [-0.2, 0) is 0 Å². The van der Waals surface area contributed by atoms with Gasteiger partial charge in [0.1, 0.15) is 5.75 Å². The molecule has 0 aliphatic heterocycles. The summed E-state index contributed by atoms with van der Waals surface area (Å²) in [6.45, 7) is 1.15. The zero-order valence-corrected chi connectivity index (χ0v) is 19.5. The van der Waals surface area contributed by atoms with Gasteiger partial charge in [0.05, 0.1) is 20.3 Å². The van der Waals surface area contributed by atoms with E-state index in [0.717, 1.165) is 38.6 Å². The third-order valence-corrected chi connectivity index (χ3v) is 6.04. The number of hydrogen-bond donors (Lipinski definition) is 3. The zero-order chi connectivity index (χ0) is 23.5. The fourth-order valence-electron chi connectivity index (χ4n) is 3.17. The number of nitrogens with zero attached hydrogens (tertiary/aromatic N) is 1. The van der Waals surface area contributed by atoms with E-state index in [4.69, 9.17) is 20.7 Å². The molecule has 0 amide bonds. The second-order valence-electron chi connectivity index (χ2n) is 7.37. The van der Waals surface area contributed by atoms with Crippen molar-refractivity contribution in [2.75, 3.05) is 39.1 Å². The first-order valence-electron chi connectivity index (χ1n) is 10.8. The van der Waals surface area contributed by atoms with Crippen LogP contribution < -0.4 is 10.5 Å². The third-order valence-electron chi connectivity index (χ3n) is 4.93. The quantitative estimate of drug-likeness (QED) is 0.213. The second kappa shape index (κ2) is 12.9. The highest BCUT2D eigenvalue weighted by Gasteiger charge is 2.06. The molecule has 0 fully saturated rings. The molecule has 0 aliphatic rings. The van der Waals surface area contributed by atoms with Crippen LogP contribution in [0.3, 0.4) is 0 Å². The van der Waals surface area contributed by atoms with E-state index in [9.17, 15) is 0 Å². The Morgan fingerprint density at radius 1 is 0.788 bits per heavy atom. The molecule has 0 heterocycles. The molecule has 0 aromatic heterocycles. The lowest BCUT2D eigenvalue weighted by molar-refractivity contribution is 0.226. The van der Waals surface area contributed by atoms with Crippen molar-refractivity contribution in [3.63, 3.8) is 0 Å². The van der Waals surface area contributed by atoms with E-state index >= 15 is 0 Å². The maximum Gasteiger partial charge on any atom is 0.126 e. The van der Waals surface area contributed by atoms with Gasteiger partial charge < -0.3 is 20.7 Å². The van der Waals surface area contributed by atoms with E-state index in [1.807, 2.05) is 65.0 Å². The van der Waals surface area contributed by atoms with Gasteiger partial charge in [-0.2, -0.15) is 0 Å². The van der Waals surface area contributed by atoms with Crippen LogP contribution in [0.1, 0.15) is 22.3 Å². The molecule has 0 aliphatic carbocycles. The molecule has 3 rings (SSSR count). The van der Waals surface area contributed by atoms with E-state index in [1.165, 1.54) is 11.9 Å². The molecule has 0 atom stereocenters. The topological polar surface area (TPSA) is 79.0 Å². The van der Waals surface area contributed by atoms with Gasteiger partial charge in [-0.15, -0.1) is 0 Å². The summed E-state index contributed by atoms with van der Waals surface area (Å²) in [5.41, 5.74) is 10.7. The van der Waals surface area contributed by atoms with Gasteiger partial charge in [-0.1, -0.05) is 60.7 Å². The summed E-state index contributed by atoms with van der Waals surface area (Å²) in [5, 5.41) is 18.3. The van der Waals surface area contributed by atoms with Crippen molar-refractivity contribution < 1.29 is 14.9 Å². The van der Waals surface area contributed by atoms with Gasteiger partial charge in [0, 0.05) is 29.2 Å². The fraction of sp³-hybridized carbons (Fsp3) is 0.185. The van der Waals surface area contributed by atoms with Gasteiger partial charge in [-0.05, 0) is 59.0 Å². The van der Waals surface area contributed by atoms with Crippen LogP contribution in [-0.4, -0.2) is 47.9 Å². The molecule has 33 heavy (non-hydrogen) atoms. The molecule has 3 aromatic rings. The molecule has 5 nitrogen and oxygen atoms in total. The monoisotopic (exact) mass is 462 g/mol. The number of methoxy groups -OCH3 is 1. The lowest BCUT2D eigenvalue weighted by atomic mass is 10.1. The first-order chi connectivity index (χ1) is 16.1. The Morgan fingerprint density at radius 3 is 1.94 bits per heavy atom. The SMILES string of the molecule is COc1cc(/C=C/c2ccc(SN(CCO)CCO)cc2)ccc1/C=C/c1ccc(N)cc1. The number of nitrogens with two attached hydrogens (primary N) is 1. The number of aliphatic hydroxyl groups is 2. The first-order valence-corrected chi connectivity index (χ1v) is 11.5. The Hall–Kier alpha value is -3.03. The normalized spacial score (nSPS) is 11.6. The predicted octanol–water partition coefficient (Wildman–Crippen LogP) is 4.91. The van der Waals surface area contributed by atoms with E-state index in [-0.39, 0.29) is 13.2 Å². The molecule has 6 heteroatoms. The van der Waals surface area contributed by atoms with E-state index in [1.54, 1.807) is 7.11 Å². The van der Waals surface area contributed by atoms with Crippen molar-refractivity contribution >= 4 is 41.9 Å². The van der Waals surface area contributed by atoms with Crippen LogP contribution in [0.4, 0.5) is 5.69 Å². The minimum absolute atomic E-state index is 0.0627. The molecule has 0 saturated carbocycles. The first kappa shape index (κ1) is 24.6. The highest BCUT2D eigenvalue weighted by Crippen LogP contribution is 2.25. The number of nitrogen functional groups attached to an aromatic ring is 1. The highest BCUT2D eigenvalue weighted by atomic mass is 32.2. The third kappa shape index (κ3) is 7.80. The molecule has 0 saturated heterocycles. The molecule has 0 bridgehead atoms. The summed E-state index contributed by atoms with van der Waals surface area (Å²) in [6, 6.07) is 22.0. The Bertz CT molecular complexity index is 1060. The molecular formula is C27H30N2O3S. The van der Waals surface area contributed by atoms with Gasteiger partial charge in [-0.3, -0.25) is 0 Å². The van der Waals surface area contributed by atoms with Crippen LogP contribution in [0.15, 0.2) is 71.6 Å². The number of ether oxygens (including phenoxy) is 1. The zero-order valence-electron chi connectivity index (χ0n) is 18.7. The number of anilines is 1. The van der Waals surface area contributed by atoms with Crippen LogP contribution in [0.25, 0.3) is 24.3 Å². The average molecular weight is 463 g/mol. The lowest BCUT2D eigenvalue weighted by Gasteiger charge is -2.18. The molecule has 3 aromatic carbocycles. The van der Waals surface area contributed by atoms with Gasteiger partial charge >= 0.3 is 0 Å². The number of rotatable bonds is 11. The summed E-state index contributed by atoms with van der Waals surface area (Å²) in [7, 11) is 1.68. The number of aliphatic hydroxyl groups excluding tert-OH is 2. The van der Waals surface area contributed by atoms with Gasteiger partial charge in [0.2, 0.25) is 0 Å². The van der Waals surface area contributed by atoms with E-state index < -0.39 is 0 Å². The Balaban J connectivity index is 1.66. The molecule has 4 N–H and O–H groups in total. The predicted molar refractivity (Wildman–Crippen MR) is 140 cm³/mol. The summed E-state index contributed by atoms with van der Waals surface area (Å²) in [6.07, 6.45) is 8.19. The van der Waals surface area contributed by atoms with Crippen molar-refractivity contribution in [1.29, 1.82) is 0 Å². The Morgan fingerprint density at radius 2 is 1.33 bits per heavy atom.